The lowest BCUT2D eigenvalue weighted by Crippen LogP contribution is -2.42. The van der Waals surface area contributed by atoms with Crippen LogP contribution in [0.15, 0.2) is 33.9 Å². The third kappa shape index (κ3) is 4.80. The van der Waals surface area contributed by atoms with Gasteiger partial charge >= 0.3 is 5.69 Å². The third-order valence-electron chi connectivity index (χ3n) is 5.60. The molecule has 0 atom stereocenters. The van der Waals surface area contributed by atoms with Crippen molar-refractivity contribution in [1.82, 2.24) is 14.1 Å². The SMILES string of the molecule is CCOc1ccc(NC(=O)Cn2c(=O)n(C(C)C)c(=O)c3sc(N4CCCCC4)nc32)cc1. The average Bonchev–Trinajstić information content (AvgIpc) is 3.24. The molecule has 2 aromatic heterocycles. The molecule has 1 aliphatic rings. The lowest BCUT2D eigenvalue weighted by Gasteiger charge is -2.25. The van der Waals surface area contributed by atoms with Gasteiger partial charge in [0.05, 0.1) is 6.61 Å². The van der Waals surface area contributed by atoms with Gasteiger partial charge in [-0.1, -0.05) is 11.3 Å². The summed E-state index contributed by atoms with van der Waals surface area (Å²) in [5, 5.41) is 3.53. The van der Waals surface area contributed by atoms with E-state index in [1.165, 1.54) is 26.9 Å². The summed E-state index contributed by atoms with van der Waals surface area (Å²) in [5.41, 5.74) is -0.0136. The van der Waals surface area contributed by atoms with Crippen LogP contribution in [0.25, 0.3) is 10.3 Å². The minimum atomic E-state index is -0.528. The van der Waals surface area contributed by atoms with Crippen molar-refractivity contribution in [1.29, 1.82) is 0 Å². The number of aromatic nitrogens is 3. The fourth-order valence-corrected chi connectivity index (χ4v) is 5.06. The monoisotopic (exact) mass is 471 g/mol. The smallest absolute Gasteiger partial charge is 0.333 e. The number of nitrogens with one attached hydrogen (secondary N) is 1. The number of hydrogen-bond acceptors (Lipinski definition) is 7. The Morgan fingerprint density at radius 1 is 1.15 bits per heavy atom. The zero-order valence-electron chi connectivity index (χ0n) is 19.2. The second-order valence-electron chi connectivity index (χ2n) is 8.34. The Kier molecular flexibility index (Phi) is 6.83. The van der Waals surface area contributed by atoms with E-state index in [2.05, 4.69) is 15.2 Å². The van der Waals surface area contributed by atoms with E-state index >= 15 is 0 Å². The van der Waals surface area contributed by atoms with Gasteiger partial charge in [0, 0.05) is 24.8 Å². The topological polar surface area (TPSA) is 98.5 Å². The lowest BCUT2D eigenvalue weighted by atomic mass is 10.1. The van der Waals surface area contributed by atoms with Crippen LogP contribution in [0.3, 0.4) is 0 Å². The molecule has 4 rings (SSSR count). The highest BCUT2D eigenvalue weighted by Crippen LogP contribution is 2.28. The van der Waals surface area contributed by atoms with Crippen LogP contribution in [0.4, 0.5) is 10.8 Å². The summed E-state index contributed by atoms with van der Waals surface area (Å²) >= 11 is 1.30. The number of benzene rings is 1. The second-order valence-corrected chi connectivity index (χ2v) is 9.32. The Bertz CT molecular complexity index is 1250. The van der Waals surface area contributed by atoms with Gasteiger partial charge < -0.3 is 15.0 Å². The molecular formula is C23H29N5O4S. The van der Waals surface area contributed by atoms with Crippen LogP contribution in [0.1, 0.15) is 46.1 Å². The van der Waals surface area contributed by atoms with Gasteiger partial charge in [-0.3, -0.25) is 18.7 Å². The fraction of sp³-hybridized carbons (Fsp3) is 0.478. The minimum Gasteiger partial charge on any atom is -0.494 e. The number of amides is 1. The highest BCUT2D eigenvalue weighted by atomic mass is 32.1. The molecule has 1 fully saturated rings. The highest BCUT2D eigenvalue weighted by Gasteiger charge is 2.23. The summed E-state index contributed by atoms with van der Waals surface area (Å²) in [7, 11) is 0. The van der Waals surface area contributed by atoms with Gasteiger partial charge in [0.25, 0.3) is 5.56 Å². The molecule has 0 spiro atoms. The number of fused-ring (bicyclic) bond motifs is 1. The molecule has 1 aliphatic heterocycles. The molecule has 9 nitrogen and oxygen atoms in total. The van der Waals surface area contributed by atoms with E-state index in [-0.39, 0.29) is 29.7 Å². The first kappa shape index (κ1) is 23.0. The number of hydrogen-bond donors (Lipinski definition) is 1. The Balaban J connectivity index is 1.68. The first-order chi connectivity index (χ1) is 15.9. The molecule has 3 aromatic rings. The van der Waals surface area contributed by atoms with Crippen molar-refractivity contribution in [2.24, 2.45) is 0 Å². The predicted molar refractivity (Wildman–Crippen MR) is 131 cm³/mol. The van der Waals surface area contributed by atoms with Crippen LogP contribution >= 0.6 is 11.3 Å². The van der Waals surface area contributed by atoms with Gasteiger partial charge in [0.15, 0.2) is 10.8 Å². The summed E-state index contributed by atoms with van der Waals surface area (Å²) in [4.78, 5) is 45.9. The van der Waals surface area contributed by atoms with Gasteiger partial charge in [-0.15, -0.1) is 0 Å². The number of anilines is 2. The molecular weight excluding hydrogens is 442 g/mol. The molecule has 3 heterocycles. The van der Waals surface area contributed by atoms with Gasteiger partial charge in [-0.25, -0.2) is 9.78 Å². The highest BCUT2D eigenvalue weighted by molar-refractivity contribution is 7.22. The van der Waals surface area contributed by atoms with E-state index in [1.54, 1.807) is 38.1 Å². The van der Waals surface area contributed by atoms with Crippen molar-refractivity contribution < 1.29 is 9.53 Å². The maximum Gasteiger partial charge on any atom is 0.333 e. The molecule has 1 N–H and O–H groups in total. The largest absolute Gasteiger partial charge is 0.494 e. The van der Waals surface area contributed by atoms with Crippen LogP contribution in [-0.2, 0) is 11.3 Å². The Morgan fingerprint density at radius 3 is 2.48 bits per heavy atom. The number of nitrogens with zero attached hydrogens (tertiary/aromatic N) is 4. The lowest BCUT2D eigenvalue weighted by molar-refractivity contribution is -0.116. The minimum absolute atomic E-state index is 0.237. The van der Waals surface area contributed by atoms with E-state index < -0.39 is 5.69 Å². The Morgan fingerprint density at radius 2 is 1.85 bits per heavy atom. The van der Waals surface area contributed by atoms with E-state index in [1.807, 2.05) is 6.92 Å². The van der Waals surface area contributed by atoms with Crippen LogP contribution in [0.5, 0.6) is 5.75 Å². The number of rotatable bonds is 7. The normalized spacial score (nSPS) is 14.1. The third-order valence-corrected chi connectivity index (χ3v) is 6.69. The van der Waals surface area contributed by atoms with Crippen LogP contribution in [0.2, 0.25) is 0 Å². The molecule has 0 aliphatic carbocycles. The predicted octanol–water partition coefficient (Wildman–Crippen LogP) is 3.23. The average molecular weight is 472 g/mol. The summed E-state index contributed by atoms with van der Waals surface area (Å²) in [6.07, 6.45) is 3.32. The number of thiazole rings is 1. The molecule has 0 bridgehead atoms. The van der Waals surface area contributed by atoms with Crippen molar-refractivity contribution in [3.63, 3.8) is 0 Å². The van der Waals surface area contributed by atoms with Gasteiger partial charge in [-0.05, 0) is 64.3 Å². The van der Waals surface area contributed by atoms with Gasteiger partial charge in [0.2, 0.25) is 5.91 Å². The van der Waals surface area contributed by atoms with Crippen molar-refractivity contribution >= 4 is 38.4 Å². The van der Waals surface area contributed by atoms with Gasteiger partial charge in [-0.2, -0.15) is 0 Å². The fourth-order valence-electron chi connectivity index (χ4n) is 4.00. The summed E-state index contributed by atoms with van der Waals surface area (Å²) in [6.45, 7) is 7.54. The van der Waals surface area contributed by atoms with Crippen molar-refractivity contribution in [3.05, 3.63) is 45.1 Å². The first-order valence-electron chi connectivity index (χ1n) is 11.3. The molecule has 10 heteroatoms. The maximum atomic E-state index is 13.2. The maximum absolute atomic E-state index is 13.2. The van der Waals surface area contributed by atoms with Crippen LogP contribution in [-0.4, -0.2) is 39.7 Å². The molecule has 0 saturated carbocycles. The zero-order valence-corrected chi connectivity index (χ0v) is 20.0. The number of piperidine rings is 1. The van der Waals surface area contributed by atoms with Crippen molar-refractivity contribution in [3.8, 4) is 5.75 Å². The van der Waals surface area contributed by atoms with Crippen LogP contribution in [0, 0.1) is 0 Å². The Labute approximate surface area is 195 Å². The molecule has 0 radical (unpaired) electrons. The summed E-state index contributed by atoms with van der Waals surface area (Å²) < 4.78 is 8.33. The molecule has 1 saturated heterocycles. The molecule has 1 aromatic carbocycles. The molecule has 176 valence electrons. The van der Waals surface area contributed by atoms with E-state index in [4.69, 9.17) is 4.74 Å². The van der Waals surface area contributed by atoms with Crippen LogP contribution < -0.4 is 26.2 Å². The first-order valence-corrected chi connectivity index (χ1v) is 12.1. The molecule has 1 amide bonds. The second kappa shape index (κ2) is 9.78. The standard InChI is InChI=1S/C23H29N5O4S/c1-4-32-17-10-8-16(9-11-17)24-18(29)14-27-20-19(21(30)28(15(2)3)23(27)31)33-22(25-20)26-12-6-5-7-13-26/h8-11,15H,4-7,12-14H2,1-3H3,(H,24,29). The number of carbonyl (C=O) groups is 1. The van der Waals surface area contributed by atoms with Crippen molar-refractivity contribution in [2.75, 3.05) is 29.9 Å². The van der Waals surface area contributed by atoms with E-state index in [9.17, 15) is 14.4 Å². The zero-order chi connectivity index (χ0) is 23.5. The van der Waals surface area contributed by atoms with E-state index in [0.29, 0.717) is 22.7 Å². The summed E-state index contributed by atoms with van der Waals surface area (Å²) in [6, 6.07) is 6.69. The van der Waals surface area contributed by atoms with Crippen molar-refractivity contribution in [2.45, 2.75) is 52.6 Å². The Hall–Kier alpha value is -3.14. The summed E-state index contributed by atoms with van der Waals surface area (Å²) in [5.74, 6) is 0.342. The number of ether oxygens (including phenoxy) is 1. The molecule has 0 unspecified atom stereocenters. The number of carbonyl (C=O) groups excluding carboxylic acids is 1. The van der Waals surface area contributed by atoms with Gasteiger partial charge in [0.1, 0.15) is 17.0 Å². The van der Waals surface area contributed by atoms with E-state index in [0.717, 1.165) is 31.1 Å². The quantitative estimate of drug-likeness (QED) is 0.568. The molecule has 33 heavy (non-hydrogen) atoms.